The molecular weight excluding hydrogens is 264 g/mol. The molecule has 0 aliphatic carbocycles. The second kappa shape index (κ2) is 6.98. The first kappa shape index (κ1) is 15.9. The second-order valence-corrected chi connectivity index (χ2v) is 6.16. The number of carbonyl (C=O) groups is 1. The lowest BCUT2D eigenvalue weighted by atomic mass is 9.98. The van der Waals surface area contributed by atoms with Crippen molar-refractivity contribution in [2.24, 2.45) is 0 Å². The lowest BCUT2D eigenvalue weighted by molar-refractivity contribution is 0.0589. The number of hydrogen-bond acceptors (Lipinski definition) is 4. The number of carbonyl (C=O) groups excluding carboxylic acids is 1. The summed E-state index contributed by atoms with van der Waals surface area (Å²) in [4.78, 5) is 25.5. The van der Waals surface area contributed by atoms with Crippen LogP contribution in [-0.2, 0) is 0 Å². The summed E-state index contributed by atoms with van der Waals surface area (Å²) in [5.41, 5.74) is 1.43. The molecule has 0 N–H and O–H groups in total. The van der Waals surface area contributed by atoms with E-state index in [1.165, 1.54) is 6.42 Å². The number of amides is 1. The summed E-state index contributed by atoms with van der Waals surface area (Å²) in [6, 6.07) is 0.342. The van der Waals surface area contributed by atoms with Crippen LogP contribution in [-0.4, -0.2) is 58.9 Å². The Morgan fingerprint density at radius 2 is 2.14 bits per heavy atom. The third-order valence-electron chi connectivity index (χ3n) is 4.13. The summed E-state index contributed by atoms with van der Waals surface area (Å²) in [6.45, 7) is 5.60. The number of aromatic nitrogens is 2. The maximum Gasteiger partial charge on any atom is 0.257 e. The molecule has 0 aromatic carbocycles. The van der Waals surface area contributed by atoms with E-state index in [0.29, 0.717) is 17.4 Å². The van der Waals surface area contributed by atoms with Crippen LogP contribution in [0.2, 0.25) is 0 Å². The minimum Gasteiger partial charge on any atom is -0.336 e. The zero-order valence-corrected chi connectivity index (χ0v) is 13.6. The van der Waals surface area contributed by atoms with Crippen LogP contribution in [0.3, 0.4) is 0 Å². The van der Waals surface area contributed by atoms with Crippen molar-refractivity contribution in [2.75, 3.05) is 27.2 Å². The van der Waals surface area contributed by atoms with Crippen molar-refractivity contribution in [3.8, 4) is 0 Å². The fourth-order valence-electron chi connectivity index (χ4n) is 2.92. The van der Waals surface area contributed by atoms with Gasteiger partial charge in [0, 0.05) is 18.8 Å². The van der Waals surface area contributed by atoms with E-state index >= 15 is 0 Å². The maximum atomic E-state index is 12.8. The Bertz CT molecular complexity index is 501. The van der Waals surface area contributed by atoms with Crippen LogP contribution >= 0.6 is 0 Å². The van der Waals surface area contributed by atoms with Gasteiger partial charge in [0.2, 0.25) is 0 Å². The average Bonchev–Trinajstić information content (AvgIpc) is 2.45. The smallest absolute Gasteiger partial charge is 0.257 e. The van der Waals surface area contributed by atoms with Gasteiger partial charge < -0.3 is 9.80 Å². The van der Waals surface area contributed by atoms with Crippen LogP contribution in [0.25, 0.3) is 0 Å². The molecule has 5 heteroatoms. The molecule has 21 heavy (non-hydrogen) atoms. The van der Waals surface area contributed by atoms with E-state index in [1.54, 1.807) is 6.20 Å². The van der Waals surface area contributed by atoms with Gasteiger partial charge >= 0.3 is 0 Å². The van der Waals surface area contributed by atoms with Gasteiger partial charge in [0.1, 0.15) is 5.82 Å². The van der Waals surface area contributed by atoms with Crippen molar-refractivity contribution >= 4 is 5.91 Å². The van der Waals surface area contributed by atoms with Gasteiger partial charge in [-0.3, -0.25) is 4.79 Å². The first-order chi connectivity index (χ1) is 9.99. The minimum absolute atomic E-state index is 0.0935. The number of aryl methyl sites for hydroxylation is 2. The lowest BCUT2D eigenvalue weighted by Gasteiger charge is -2.36. The molecule has 1 aromatic rings. The number of hydrogen-bond donors (Lipinski definition) is 0. The molecule has 1 aromatic heterocycles. The van der Waals surface area contributed by atoms with Crippen LogP contribution in [0.4, 0.5) is 0 Å². The van der Waals surface area contributed by atoms with Crippen LogP contribution < -0.4 is 0 Å². The SMILES string of the molecule is Cc1ncc(C(=O)N2CCCC[C@@H]2CCN(C)C)c(C)n1. The second-order valence-electron chi connectivity index (χ2n) is 6.16. The molecule has 5 nitrogen and oxygen atoms in total. The summed E-state index contributed by atoms with van der Waals surface area (Å²) in [6.07, 6.45) is 6.12. The predicted octanol–water partition coefficient (Wildman–Crippen LogP) is 2.04. The van der Waals surface area contributed by atoms with E-state index in [4.69, 9.17) is 0 Å². The Balaban J connectivity index is 2.14. The van der Waals surface area contributed by atoms with Gasteiger partial charge in [-0.25, -0.2) is 9.97 Å². The molecule has 116 valence electrons. The summed E-state index contributed by atoms with van der Waals surface area (Å²) in [5, 5.41) is 0. The first-order valence-electron chi connectivity index (χ1n) is 7.75. The highest BCUT2D eigenvalue weighted by atomic mass is 16.2. The van der Waals surface area contributed by atoms with Crippen LogP contribution in [0.1, 0.15) is 47.6 Å². The van der Waals surface area contributed by atoms with E-state index in [0.717, 1.165) is 38.0 Å². The highest BCUT2D eigenvalue weighted by molar-refractivity contribution is 5.95. The third kappa shape index (κ3) is 4.00. The molecule has 1 atom stereocenters. The van der Waals surface area contributed by atoms with E-state index in [2.05, 4.69) is 29.0 Å². The first-order valence-corrected chi connectivity index (χ1v) is 7.75. The fraction of sp³-hybridized carbons (Fsp3) is 0.688. The van der Waals surface area contributed by atoms with E-state index < -0.39 is 0 Å². The molecule has 0 spiro atoms. The number of piperidine rings is 1. The molecule has 2 rings (SSSR count). The third-order valence-corrected chi connectivity index (χ3v) is 4.13. The zero-order chi connectivity index (χ0) is 15.4. The average molecular weight is 290 g/mol. The Morgan fingerprint density at radius 1 is 1.38 bits per heavy atom. The van der Waals surface area contributed by atoms with Gasteiger partial charge in [0.05, 0.1) is 11.3 Å². The maximum absolute atomic E-state index is 12.8. The van der Waals surface area contributed by atoms with Crippen LogP contribution in [0, 0.1) is 13.8 Å². The van der Waals surface area contributed by atoms with E-state index in [1.807, 2.05) is 18.7 Å². The molecule has 1 amide bonds. The quantitative estimate of drug-likeness (QED) is 0.851. The molecule has 0 radical (unpaired) electrons. The van der Waals surface area contributed by atoms with E-state index in [9.17, 15) is 4.79 Å². The standard InChI is InChI=1S/C16H26N4O/c1-12-15(11-17-13(2)18-12)16(21)20-9-6-5-7-14(20)8-10-19(3)4/h11,14H,5-10H2,1-4H3/t14-/m1/s1. The van der Waals surface area contributed by atoms with Crippen molar-refractivity contribution in [3.63, 3.8) is 0 Å². The van der Waals surface area contributed by atoms with Crippen LogP contribution in [0.15, 0.2) is 6.20 Å². The van der Waals surface area contributed by atoms with Gasteiger partial charge in [0.15, 0.2) is 0 Å². The largest absolute Gasteiger partial charge is 0.336 e. The van der Waals surface area contributed by atoms with Gasteiger partial charge in [-0.05, 0) is 60.2 Å². The number of rotatable bonds is 4. The van der Waals surface area contributed by atoms with Crippen LogP contribution in [0.5, 0.6) is 0 Å². The lowest BCUT2D eigenvalue weighted by Crippen LogP contribution is -2.45. The summed E-state index contributed by atoms with van der Waals surface area (Å²) in [7, 11) is 4.15. The molecule has 2 heterocycles. The predicted molar refractivity (Wildman–Crippen MR) is 83.4 cm³/mol. The minimum atomic E-state index is 0.0935. The molecule has 0 bridgehead atoms. The normalized spacial score (nSPS) is 19.1. The fourth-order valence-corrected chi connectivity index (χ4v) is 2.92. The Morgan fingerprint density at radius 3 is 2.81 bits per heavy atom. The Hall–Kier alpha value is -1.49. The molecule has 1 aliphatic heterocycles. The Kier molecular flexibility index (Phi) is 5.28. The van der Waals surface area contributed by atoms with Gasteiger partial charge in [-0.1, -0.05) is 0 Å². The van der Waals surface area contributed by atoms with Crippen molar-refractivity contribution in [1.82, 2.24) is 19.8 Å². The van der Waals surface area contributed by atoms with Crippen molar-refractivity contribution in [1.29, 1.82) is 0 Å². The topological polar surface area (TPSA) is 49.3 Å². The molecule has 1 fully saturated rings. The monoisotopic (exact) mass is 290 g/mol. The van der Waals surface area contributed by atoms with Gasteiger partial charge in [0.25, 0.3) is 5.91 Å². The summed E-state index contributed by atoms with van der Waals surface area (Å²) in [5.74, 6) is 0.808. The Labute approximate surface area is 127 Å². The van der Waals surface area contributed by atoms with Gasteiger partial charge in [-0.15, -0.1) is 0 Å². The summed E-state index contributed by atoms with van der Waals surface area (Å²) >= 11 is 0. The molecule has 0 saturated carbocycles. The van der Waals surface area contributed by atoms with Crippen molar-refractivity contribution < 1.29 is 4.79 Å². The van der Waals surface area contributed by atoms with E-state index in [-0.39, 0.29) is 5.91 Å². The van der Waals surface area contributed by atoms with Gasteiger partial charge in [-0.2, -0.15) is 0 Å². The highest BCUT2D eigenvalue weighted by Crippen LogP contribution is 2.22. The molecular formula is C16H26N4O. The zero-order valence-electron chi connectivity index (χ0n) is 13.6. The van der Waals surface area contributed by atoms with Crippen molar-refractivity contribution in [3.05, 3.63) is 23.3 Å². The molecule has 1 aliphatic rings. The highest BCUT2D eigenvalue weighted by Gasteiger charge is 2.28. The summed E-state index contributed by atoms with van der Waals surface area (Å²) < 4.78 is 0. The number of nitrogens with zero attached hydrogens (tertiary/aromatic N) is 4. The molecule has 1 saturated heterocycles. The number of likely N-dealkylation sites (tertiary alicyclic amines) is 1. The van der Waals surface area contributed by atoms with Crippen molar-refractivity contribution in [2.45, 2.75) is 45.6 Å². The molecule has 0 unspecified atom stereocenters.